The zero-order valence-corrected chi connectivity index (χ0v) is 13.6. The molecular weight excluding hydrogens is 320 g/mol. The lowest BCUT2D eigenvalue weighted by Crippen LogP contribution is -1.96. The smallest absolute Gasteiger partial charge is 0.0647 e. The van der Waals surface area contributed by atoms with Crippen molar-refractivity contribution in [2.24, 2.45) is 0 Å². The van der Waals surface area contributed by atoms with Crippen LogP contribution in [0.3, 0.4) is 0 Å². The highest BCUT2D eigenvalue weighted by Gasteiger charge is 2.12. The highest BCUT2D eigenvalue weighted by molar-refractivity contribution is 9.09. The number of benzene rings is 2. The zero-order chi connectivity index (χ0) is 13.8. The molecule has 0 radical (unpaired) electrons. The van der Waals surface area contributed by atoms with Crippen LogP contribution >= 0.6 is 27.5 Å². The van der Waals surface area contributed by atoms with Crippen molar-refractivity contribution in [3.63, 3.8) is 0 Å². The molecule has 0 amide bonds. The molecule has 1 unspecified atom stereocenters. The number of rotatable bonds is 4. The SMILES string of the molecule is CCCc1ccc(C(Br)c2ccc(Cl)cc2C)cc1. The molecule has 0 aromatic heterocycles. The Morgan fingerprint density at radius 2 is 1.79 bits per heavy atom. The normalized spacial score (nSPS) is 12.4. The van der Waals surface area contributed by atoms with Crippen LogP contribution in [0.15, 0.2) is 42.5 Å². The summed E-state index contributed by atoms with van der Waals surface area (Å²) < 4.78 is 0. The fraction of sp³-hybridized carbons (Fsp3) is 0.294. The first-order chi connectivity index (χ1) is 9.11. The van der Waals surface area contributed by atoms with Crippen molar-refractivity contribution in [2.75, 3.05) is 0 Å². The summed E-state index contributed by atoms with van der Waals surface area (Å²) in [4.78, 5) is 0.223. The molecule has 2 rings (SSSR count). The minimum atomic E-state index is 0.223. The van der Waals surface area contributed by atoms with Gasteiger partial charge in [0.25, 0.3) is 0 Å². The third-order valence-electron chi connectivity index (χ3n) is 3.32. The van der Waals surface area contributed by atoms with E-state index in [1.54, 1.807) is 0 Å². The van der Waals surface area contributed by atoms with Gasteiger partial charge in [-0.15, -0.1) is 0 Å². The summed E-state index contributed by atoms with van der Waals surface area (Å²) in [5.74, 6) is 0. The number of hydrogen-bond acceptors (Lipinski definition) is 0. The summed E-state index contributed by atoms with van der Waals surface area (Å²) >= 11 is 9.80. The molecule has 2 aromatic rings. The van der Waals surface area contributed by atoms with Gasteiger partial charge in [-0.25, -0.2) is 0 Å². The number of aryl methyl sites for hydroxylation is 2. The molecule has 0 spiro atoms. The minimum Gasteiger partial charge on any atom is -0.0843 e. The molecule has 2 aromatic carbocycles. The molecule has 100 valence electrons. The van der Waals surface area contributed by atoms with Crippen molar-refractivity contribution >= 4 is 27.5 Å². The van der Waals surface area contributed by atoms with Gasteiger partial charge in [-0.2, -0.15) is 0 Å². The van der Waals surface area contributed by atoms with Crippen molar-refractivity contribution in [1.29, 1.82) is 0 Å². The van der Waals surface area contributed by atoms with Gasteiger partial charge in [0.2, 0.25) is 0 Å². The van der Waals surface area contributed by atoms with Gasteiger partial charge in [-0.1, -0.05) is 71.2 Å². The van der Waals surface area contributed by atoms with E-state index in [0.29, 0.717) is 0 Å². The molecule has 2 heteroatoms. The predicted molar refractivity (Wildman–Crippen MR) is 87.4 cm³/mol. The fourth-order valence-corrected chi connectivity index (χ4v) is 3.29. The maximum atomic E-state index is 6.01. The van der Waals surface area contributed by atoms with Crippen LogP contribution in [0.4, 0.5) is 0 Å². The van der Waals surface area contributed by atoms with Crippen LogP contribution in [0.2, 0.25) is 5.02 Å². The maximum Gasteiger partial charge on any atom is 0.0647 e. The Bertz CT molecular complexity index is 546. The Hall–Kier alpha value is -0.790. The maximum absolute atomic E-state index is 6.01. The van der Waals surface area contributed by atoms with Crippen LogP contribution in [-0.4, -0.2) is 0 Å². The summed E-state index contributed by atoms with van der Waals surface area (Å²) in [6.45, 7) is 4.30. The second-order valence-electron chi connectivity index (χ2n) is 4.86. The first-order valence-corrected chi connectivity index (χ1v) is 7.90. The second kappa shape index (κ2) is 6.58. The van der Waals surface area contributed by atoms with E-state index in [2.05, 4.69) is 60.1 Å². The first-order valence-electron chi connectivity index (χ1n) is 6.60. The Balaban J connectivity index is 2.25. The summed E-state index contributed by atoms with van der Waals surface area (Å²) in [5.41, 5.74) is 5.17. The molecule has 0 fully saturated rings. The third-order valence-corrected chi connectivity index (χ3v) is 4.57. The lowest BCUT2D eigenvalue weighted by molar-refractivity contribution is 0.920. The standard InChI is InChI=1S/C17H18BrCl/c1-3-4-13-5-7-14(8-6-13)17(18)16-10-9-15(19)11-12(16)2/h5-11,17H,3-4H2,1-2H3. The van der Waals surface area contributed by atoms with E-state index < -0.39 is 0 Å². The van der Waals surface area contributed by atoms with Crippen LogP contribution < -0.4 is 0 Å². The van der Waals surface area contributed by atoms with Crippen molar-refractivity contribution in [1.82, 2.24) is 0 Å². The molecule has 0 aliphatic carbocycles. The first kappa shape index (κ1) is 14.6. The Kier molecular flexibility index (Phi) is 5.06. The molecular formula is C17H18BrCl. The Labute approximate surface area is 128 Å². The van der Waals surface area contributed by atoms with E-state index in [0.717, 1.165) is 11.4 Å². The lowest BCUT2D eigenvalue weighted by atomic mass is 9.99. The summed E-state index contributed by atoms with van der Waals surface area (Å²) in [7, 11) is 0. The summed E-state index contributed by atoms with van der Waals surface area (Å²) in [6.07, 6.45) is 2.33. The van der Waals surface area contributed by atoms with E-state index in [1.165, 1.54) is 28.7 Å². The van der Waals surface area contributed by atoms with Gasteiger partial charge >= 0.3 is 0 Å². The molecule has 0 aliphatic rings. The van der Waals surface area contributed by atoms with Crippen molar-refractivity contribution < 1.29 is 0 Å². The van der Waals surface area contributed by atoms with Crippen LogP contribution in [0.25, 0.3) is 0 Å². The molecule has 0 bridgehead atoms. The van der Waals surface area contributed by atoms with Crippen molar-refractivity contribution in [2.45, 2.75) is 31.5 Å². The minimum absolute atomic E-state index is 0.223. The lowest BCUT2D eigenvalue weighted by Gasteiger charge is -2.14. The highest BCUT2D eigenvalue weighted by atomic mass is 79.9. The van der Waals surface area contributed by atoms with E-state index in [-0.39, 0.29) is 4.83 Å². The van der Waals surface area contributed by atoms with Gasteiger partial charge in [0.15, 0.2) is 0 Å². The van der Waals surface area contributed by atoms with Crippen LogP contribution in [0, 0.1) is 6.92 Å². The molecule has 0 saturated carbocycles. The molecule has 19 heavy (non-hydrogen) atoms. The van der Waals surface area contributed by atoms with Gasteiger partial charge < -0.3 is 0 Å². The van der Waals surface area contributed by atoms with E-state index in [1.807, 2.05) is 12.1 Å². The van der Waals surface area contributed by atoms with Crippen LogP contribution in [0.5, 0.6) is 0 Å². The van der Waals surface area contributed by atoms with Gasteiger partial charge in [-0.05, 0) is 47.7 Å². The van der Waals surface area contributed by atoms with Gasteiger partial charge in [0, 0.05) is 5.02 Å². The number of alkyl halides is 1. The molecule has 0 N–H and O–H groups in total. The van der Waals surface area contributed by atoms with E-state index in [4.69, 9.17) is 11.6 Å². The number of hydrogen-bond donors (Lipinski definition) is 0. The van der Waals surface area contributed by atoms with Gasteiger partial charge in [0.1, 0.15) is 0 Å². The highest BCUT2D eigenvalue weighted by Crippen LogP contribution is 2.33. The van der Waals surface area contributed by atoms with E-state index in [9.17, 15) is 0 Å². The zero-order valence-electron chi connectivity index (χ0n) is 11.3. The second-order valence-corrected chi connectivity index (χ2v) is 6.21. The topological polar surface area (TPSA) is 0 Å². The van der Waals surface area contributed by atoms with Crippen LogP contribution in [-0.2, 0) is 6.42 Å². The fourth-order valence-electron chi connectivity index (χ4n) is 2.24. The monoisotopic (exact) mass is 336 g/mol. The summed E-state index contributed by atoms with van der Waals surface area (Å²) in [6, 6.07) is 14.9. The van der Waals surface area contributed by atoms with Crippen molar-refractivity contribution in [3.05, 3.63) is 69.7 Å². The molecule has 1 atom stereocenters. The average Bonchev–Trinajstić information content (AvgIpc) is 2.39. The average molecular weight is 338 g/mol. The van der Waals surface area contributed by atoms with Gasteiger partial charge in [0.05, 0.1) is 4.83 Å². The molecule has 0 heterocycles. The van der Waals surface area contributed by atoms with Crippen LogP contribution in [0.1, 0.15) is 40.4 Å². The molecule has 0 aliphatic heterocycles. The third kappa shape index (κ3) is 3.61. The predicted octanol–water partition coefficient (Wildman–Crippen LogP) is 6.09. The Morgan fingerprint density at radius 3 is 2.37 bits per heavy atom. The van der Waals surface area contributed by atoms with E-state index >= 15 is 0 Å². The largest absolute Gasteiger partial charge is 0.0843 e. The quantitative estimate of drug-likeness (QED) is 0.593. The van der Waals surface area contributed by atoms with Gasteiger partial charge in [-0.3, -0.25) is 0 Å². The Morgan fingerprint density at radius 1 is 1.11 bits per heavy atom. The molecule has 0 saturated heterocycles. The summed E-state index contributed by atoms with van der Waals surface area (Å²) in [5, 5.41) is 0.791. The molecule has 0 nitrogen and oxygen atoms in total. The van der Waals surface area contributed by atoms with Crippen molar-refractivity contribution in [3.8, 4) is 0 Å². The number of halogens is 2.